The maximum atomic E-state index is 11.5. The number of nitrogens with zero attached hydrogens (tertiary/aromatic N) is 1. The molecule has 1 aliphatic rings. The number of methoxy groups -OCH3 is 1. The molecule has 1 aromatic rings. The van der Waals surface area contributed by atoms with Crippen LogP contribution in [0.25, 0.3) is 0 Å². The molecule has 1 saturated heterocycles. The van der Waals surface area contributed by atoms with Gasteiger partial charge >= 0.3 is 5.97 Å². The van der Waals surface area contributed by atoms with E-state index in [4.69, 9.17) is 9.15 Å². The van der Waals surface area contributed by atoms with E-state index in [1.807, 2.05) is 0 Å². The first-order valence-corrected chi connectivity index (χ1v) is 7.63. The van der Waals surface area contributed by atoms with E-state index >= 15 is 0 Å². The Kier molecular flexibility index (Phi) is 5.42. The van der Waals surface area contributed by atoms with Gasteiger partial charge in [0.05, 0.1) is 13.7 Å². The maximum Gasteiger partial charge on any atom is 0.341 e. The van der Waals surface area contributed by atoms with Crippen molar-refractivity contribution in [2.24, 2.45) is 5.92 Å². The van der Waals surface area contributed by atoms with Crippen molar-refractivity contribution in [3.8, 4) is 0 Å². The quantitative estimate of drug-likeness (QED) is 0.815. The van der Waals surface area contributed by atoms with Crippen LogP contribution >= 0.6 is 0 Å². The van der Waals surface area contributed by atoms with Gasteiger partial charge in [-0.3, -0.25) is 0 Å². The summed E-state index contributed by atoms with van der Waals surface area (Å²) in [5, 5.41) is 3.43. The van der Waals surface area contributed by atoms with Gasteiger partial charge in [-0.25, -0.2) is 4.79 Å². The molecule has 21 heavy (non-hydrogen) atoms. The van der Waals surface area contributed by atoms with Crippen LogP contribution in [0.5, 0.6) is 0 Å². The van der Waals surface area contributed by atoms with Gasteiger partial charge in [0, 0.05) is 12.6 Å². The van der Waals surface area contributed by atoms with E-state index in [1.165, 1.54) is 20.1 Å². The van der Waals surface area contributed by atoms with Gasteiger partial charge in [0.15, 0.2) is 0 Å². The third-order valence-electron chi connectivity index (χ3n) is 4.15. The molecular formula is C16H26N2O3. The van der Waals surface area contributed by atoms with Gasteiger partial charge in [-0.1, -0.05) is 0 Å². The van der Waals surface area contributed by atoms with E-state index in [0.29, 0.717) is 29.8 Å². The van der Waals surface area contributed by atoms with Gasteiger partial charge in [-0.15, -0.1) is 0 Å². The molecule has 2 heterocycles. The first kappa shape index (κ1) is 16.0. The minimum atomic E-state index is -0.342. The van der Waals surface area contributed by atoms with Crippen LogP contribution in [0.15, 0.2) is 10.5 Å². The molecule has 1 unspecified atom stereocenters. The zero-order valence-corrected chi connectivity index (χ0v) is 13.4. The zero-order valence-electron chi connectivity index (χ0n) is 13.4. The minimum Gasteiger partial charge on any atom is -0.465 e. The van der Waals surface area contributed by atoms with Crippen LogP contribution in [0.1, 0.15) is 42.1 Å². The summed E-state index contributed by atoms with van der Waals surface area (Å²) in [6.45, 7) is 10.3. The van der Waals surface area contributed by atoms with Crippen LogP contribution in [0.4, 0.5) is 0 Å². The summed E-state index contributed by atoms with van der Waals surface area (Å²) in [6.07, 6.45) is 1.25. The molecule has 0 bridgehead atoms. The maximum absolute atomic E-state index is 11.5. The fourth-order valence-corrected chi connectivity index (χ4v) is 2.84. The van der Waals surface area contributed by atoms with Crippen molar-refractivity contribution in [2.75, 3.05) is 26.7 Å². The number of aryl methyl sites for hydroxylation is 1. The smallest absolute Gasteiger partial charge is 0.341 e. The van der Waals surface area contributed by atoms with E-state index in [1.54, 1.807) is 13.0 Å². The van der Waals surface area contributed by atoms with Crippen LogP contribution in [-0.4, -0.2) is 43.7 Å². The Morgan fingerprint density at radius 2 is 2.33 bits per heavy atom. The fraction of sp³-hybridized carbons (Fsp3) is 0.688. The number of nitrogens with one attached hydrogen (secondary N) is 1. The first-order valence-electron chi connectivity index (χ1n) is 7.63. The molecule has 1 fully saturated rings. The Morgan fingerprint density at radius 1 is 1.57 bits per heavy atom. The number of furan rings is 1. The number of likely N-dealkylation sites (tertiary alicyclic amines) is 1. The number of carbonyl (C=O) groups is 1. The summed E-state index contributed by atoms with van der Waals surface area (Å²) in [7, 11) is 1.38. The normalized spacial score (nSPS) is 19.4. The van der Waals surface area contributed by atoms with E-state index < -0.39 is 0 Å². The van der Waals surface area contributed by atoms with E-state index in [-0.39, 0.29) is 5.97 Å². The van der Waals surface area contributed by atoms with Crippen molar-refractivity contribution in [1.29, 1.82) is 0 Å². The number of hydrogen-bond donors (Lipinski definition) is 1. The third-order valence-corrected chi connectivity index (χ3v) is 4.15. The minimum absolute atomic E-state index is 0.342. The average Bonchev–Trinajstić information content (AvgIpc) is 3.05. The topological polar surface area (TPSA) is 54.7 Å². The van der Waals surface area contributed by atoms with Gasteiger partial charge in [0.1, 0.15) is 17.1 Å². The molecule has 0 aromatic carbocycles. The molecule has 0 saturated carbocycles. The van der Waals surface area contributed by atoms with Crippen molar-refractivity contribution in [3.05, 3.63) is 23.2 Å². The van der Waals surface area contributed by atoms with Crippen molar-refractivity contribution >= 4 is 5.97 Å². The third kappa shape index (κ3) is 4.08. The molecule has 0 radical (unpaired) electrons. The standard InChI is InChI=1S/C16H26N2O3/c1-11(2)18-6-5-13(10-18)8-17-9-14-7-15(12(3)21-14)16(19)20-4/h7,11,13,17H,5-6,8-10H2,1-4H3. The second kappa shape index (κ2) is 7.09. The predicted molar refractivity (Wildman–Crippen MR) is 81.3 cm³/mol. The highest BCUT2D eigenvalue weighted by molar-refractivity contribution is 5.90. The van der Waals surface area contributed by atoms with Crippen LogP contribution in [0.3, 0.4) is 0 Å². The Morgan fingerprint density at radius 3 is 2.95 bits per heavy atom. The molecule has 1 N–H and O–H groups in total. The molecule has 1 atom stereocenters. The van der Waals surface area contributed by atoms with Crippen LogP contribution in [0, 0.1) is 12.8 Å². The summed E-state index contributed by atoms with van der Waals surface area (Å²) in [6, 6.07) is 2.40. The number of esters is 1. The number of rotatable bonds is 6. The second-order valence-corrected chi connectivity index (χ2v) is 6.05. The number of ether oxygens (including phenoxy) is 1. The fourth-order valence-electron chi connectivity index (χ4n) is 2.84. The largest absolute Gasteiger partial charge is 0.465 e. The average molecular weight is 294 g/mol. The molecule has 0 aliphatic carbocycles. The monoisotopic (exact) mass is 294 g/mol. The Balaban J connectivity index is 1.78. The van der Waals surface area contributed by atoms with Gasteiger partial charge < -0.3 is 19.4 Å². The zero-order chi connectivity index (χ0) is 15.4. The molecule has 0 spiro atoms. The lowest BCUT2D eigenvalue weighted by atomic mass is 10.1. The van der Waals surface area contributed by atoms with Crippen molar-refractivity contribution in [2.45, 2.75) is 39.8 Å². The summed E-state index contributed by atoms with van der Waals surface area (Å²) >= 11 is 0. The van der Waals surface area contributed by atoms with E-state index in [2.05, 4.69) is 24.1 Å². The molecule has 0 amide bonds. The van der Waals surface area contributed by atoms with E-state index in [9.17, 15) is 4.79 Å². The Bertz CT molecular complexity index is 482. The molecule has 118 valence electrons. The Hall–Kier alpha value is -1.33. The predicted octanol–water partition coefficient (Wildman–Crippen LogP) is 2.19. The molecule has 5 heteroatoms. The molecule has 1 aliphatic heterocycles. The van der Waals surface area contributed by atoms with Gasteiger partial charge in [-0.05, 0) is 52.3 Å². The van der Waals surface area contributed by atoms with Gasteiger partial charge in [-0.2, -0.15) is 0 Å². The molecular weight excluding hydrogens is 268 g/mol. The second-order valence-electron chi connectivity index (χ2n) is 6.05. The molecule has 1 aromatic heterocycles. The van der Waals surface area contributed by atoms with Crippen molar-refractivity contribution < 1.29 is 13.9 Å². The van der Waals surface area contributed by atoms with Gasteiger partial charge in [0.2, 0.25) is 0 Å². The molecule has 2 rings (SSSR count). The van der Waals surface area contributed by atoms with E-state index in [0.717, 1.165) is 18.8 Å². The highest BCUT2D eigenvalue weighted by Crippen LogP contribution is 2.18. The summed E-state index contributed by atoms with van der Waals surface area (Å²) in [4.78, 5) is 14.0. The van der Waals surface area contributed by atoms with Crippen LogP contribution in [-0.2, 0) is 11.3 Å². The highest BCUT2D eigenvalue weighted by Gasteiger charge is 2.23. The SMILES string of the molecule is COC(=O)c1cc(CNCC2CCN(C(C)C)C2)oc1C. The lowest BCUT2D eigenvalue weighted by Gasteiger charge is -2.20. The van der Waals surface area contributed by atoms with Crippen LogP contribution in [0.2, 0.25) is 0 Å². The van der Waals surface area contributed by atoms with Gasteiger partial charge in [0.25, 0.3) is 0 Å². The lowest BCUT2D eigenvalue weighted by Crippen LogP contribution is -2.30. The van der Waals surface area contributed by atoms with Crippen molar-refractivity contribution in [3.63, 3.8) is 0 Å². The van der Waals surface area contributed by atoms with Crippen LogP contribution < -0.4 is 5.32 Å². The summed E-state index contributed by atoms with van der Waals surface area (Å²) < 4.78 is 10.3. The Labute approximate surface area is 126 Å². The lowest BCUT2D eigenvalue weighted by molar-refractivity contribution is 0.0599. The summed E-state index contributed by atoms with van der Waals surface area (Å²) in [5.41, 5.74) is 0.515. The molecule has 5 nitrogen and oxygen atoms in total. The first-order chi connectivity index (χ1) is 10.0. The number of carbonyl (C=O) groups excluding carboxylic acids is 1. The highest BCUT2D eigenvalue weighted by atomic mass is 16.5. The summed E-state index contributed by atoms with van der Waals surface area (Å²) in [5.74, 6) is 1.76. The van der Waals surface area contributed by atoms with Crippen molar-refractivity contribution in [1.82, 2.24) is 10.2 Å². The number of hydrogen-bond acceptors (Lipinski definition) is 5.